The fraction of sp³-hybridized carbons (Fsp3) is 0.480. The Bertz CT molecular complexity index is 1270. The molecule has 0 atom stereocenters. The van der Waals surface area contributed by atoms with Gasteiger partial charge in [0, 0.05) is 48.0 Å². The molecule has 5 nitrogen and oxygen atoms in total. The number of rotatable bonds is 4. The van der Waals surface area contributed by atoms with Crippen LogP contribution in [0.3, 0.4) is 0 Å². The van der Waals surface area contributed by atoms with Crippen molar-refractivity contribution in [3.63, 3.8) is 0 Å². The molecule has 3 aromatic rings. The maximum Gasteiger partial charge on any atom is 0.391 e. The number of alkyl halides is 5. The van der Waals surface area contributed by atoms with Crippen molar-refractivity contribution in [3.05, 3.63) is 58.1 Å². The molecule has 0 radical (unpaired) electrons. The van der Waals surface area contributed by atoms with E-state index in [9.17, 15) is 26.7 Å². The minimum atomic E-state index is -4.23. The van der Waals surface area contributed by atoms with Gasteiger partial charge >= 0.3 is 6.18 Å². The van der Waals surface area contributed by atoms with Gasteiger partial charge in [0.15, 0.2) is 17.6 Å². The fourth-order valence-corrected chi connectivity index (χ4v) is 5.36. The topological polar surface area (TPSA) is 71.8 Å². The number of H-pyrrole nitrogens is 1. The van der Waals surface area contributed by atoms with Crippen molar-refractivity contribution in [3.8, 4) is 22.6 Å². The van der Waals surface area contributed by atoms with Gasteiger partial charge in [0.1, 0.15) is 0 Å². The number of nitrogens with zero attached hydrogens (tertiary/aromatic N) is 2. The van der Waals surface area contributed by atoms with Crippen molar-refractivity contribution < 1.29 is 26.4 Å². The number of oxazole rings is 1. The number of hydrogen-bond donors (Lipinski definition) is 1. The van der Waals surface area contributed by atoms with E-state index in [2.05, 4.69) is 15.0 Å². The molecule has 2 saturated carbocycles. The number of aromatic nitrogens is 3. The van der Waals surface area contributed by atoms with Crippen LogP contribution >= 0.6 is 0 Å². The van der Waals surface area contributed by atoms with Crippen molar-refractivity contribution in [2.75, 3.05) is 0 Å². The molecule has 3 aromatic heterocycles. The third kappa shape index (κ3) is 4.62. The Hall–Kier alpha value is -3.04. The maximum atomic E-state index is 13.5. The van der Waals surface area contributed by atoms with E-state index in [1.54, 1.807) is 19.2 Å². The smallest absolute Gasteiger partial charge is 0.391 e. The molecule has 1 N–H and O–H groups in total. The van der Waals surface area contributed by atoms with Crippen molar-refractivity contribution in [2.24, 2.45) is 5.92 Å². The number of aromatic amines is 1. The molecule has 0 saturated heterocycles. The molecule has 0 spiro atoms. The van der Waals surface area contributed by atoms with Crippen LogP contribution in [0.5, 0.6) is 0 Å². The molecule has 0 unspecified atom stereocenters. The van der Waals surface area contributed by atoms with E-state index >= 15 is 0 Å². The van der Waals surface area contributed by atoms with Crippen LogP contribution < -0.4 is 5.43 Å². The van der Waals surface area contributed by atoms with Crippen LogP contribution in [0, 0.1) is 12.8 Å². The molecule has 10 heteroatoms. The van der Waals surface area contributed by atoms with Gasteiger partial charge in [-0.3, -0.25) is 9.78 Å². The van der Waals surface area contributed by atoms with Gasteiger partial charge in [-0.1, -0.05) is 0 Å². The first kappa shape index (κ1) is 23.7. The summed E-state index contributed by atoms with van der Waals surface area (Å²) in [4.78, 5) is 24.4. The van der Waals surface area contributed by atoms with Gasteiger partial charge in [0.2, 0.25) is 5.92 Å². The lowest BCUT2D eigenvalue weighted by atomic mass is 9.74. The maximum absolute atomic E-state index is 13.5. The highest BCUT2D eigenvalue weighted by Crippen LogP contribution is 2.50. The zero-order chi connectivity index (χ0) is 25.0. The summed E-state index contributed by atoms with van der Waals surface area (Å²) in [7, 11) is 0. The highest BCUT2D eigenvalue weighted by atomic mass is 19.4. The van der Waals surface area contributed by atoms with Gasteiger partial charge < -0.3 is 9.40 Å². The quantitative estimate of drug-likeness (QED) is 0.408. The molecule has 0 bridgehead atoms. The Morgan fingerprint density at radius 1 is 1.06 bits per heavy atom. The van der Waals surface area contributed by atoms with Gasteiger partial charge in [-0.05, 0) is 50.2 Å². The SMILES string of the molecule is Cc1[nH]c(-c2cnc(C3CC(F)(F)C3)cc2C2CCC(C(F)(F)F)CC2)cc(=O)c1-c1cnco1. The second-order valence-corrected chi connectivity index (χ2v) is 9.66. The van der Waals surface area contributed by atoms with Crippen molar-refractivity contribution in [1.82, 2.24) is 15.0 Å². The van der Waals surface area contributed by atoms with Crippen LogP contribution in [0.4, 0.5) is 22.0 Å². The first-order valence-corrected chi connectivity index (χ1v) is 11.6. The molecule has 2 aliphatic rings. The molecule has 2 fully saturated rings. The van der Waals surface area contributed by atoms with Crippen molar-refractivity contribution in [2.45, 2.75) is 69.4 Å². The van der Waals surface area contributed by atoms with E-state index < -0.39 is 18.0 Å². The van der Waals surface area contributed by atoms with E-state index in [1.165, 1.54) is 18.7 Å². The predicted molar refractivity (Wildman–Crippen MR) is 118 cm³/mol. The Balaban J connectivity index is 1.53. The van der Waals surface area contributed by atoms with E-state index in [-0.39, 0.29) is 42.9 Å². The lowest BCUT2D eigenvalue weighted by Crippen LogP contribution is -2.34. The van der Waals surface area contributed by atoms with E-state index in [0.717, 1.165) is 5.56 Å². The number of halogens is 5. The van der Waals surface area contributed by atoms with E-state index in [1.807, 2.05) is 0 Å². The minimum absolute atomic E-state index is 0.00669. The van der Waals surface area contributed by atoms with Gasteiger partial charge in [0.25, 0.3) is 0 Å². The molecule has 35 heavy (non-hydrogen) atoms. The lowest BCUT2D eigenvalue weighted by molar-refractivity contribution is -0.182. The van der Waals surface area contributed by atoms with Gasteiger partial charge in [0.05, 0.1) is 23.4 Å². The summed E-state index contributed by atoms with van der Waals surface area (Å²) in [5.41, 5.74) is 2.90. The van der Waals surface area contributed by atoms with Crippen LogP contribution in [0.15, 0.2) is 40.1 Å². The molecule has 0 amide bonds. The van der Waals surface area contributed by atoms with E-state index in [0.29, 0.717) is 46.8 Å². The Morgan fingerprint density at radius 3 is 2.34 bits per heavy atom. The average molecular weight is 493 g/mol. The molecular formula is C25H24F5N3O2. The summed E-state index contributed by atoms with van der Waals surface area (Å²) < 4.78 is 71.9. The normalized spacial score (nSPS) is 22.7. The molecule has 2 aliphatic carbocycles. The molecule has 186 valence electrons. The third-order valence-electron chi connectivity index (χ3n) is 7.28. The van der Waals surface area contributed by atoms with Gasteiger partial charge in [-0.2, -0.15) is 13.2 Å². The van der Waals surface area contributed by atoms with Crippen LogP contribution in [-0.2, 0) is 0 Å². The third-order valence-corrected chi connectivity index (χ3v) is 7.28. The summed E-state index contributed by atoms with van der Waals surface area (Å²) in [6.07, 6.45) is 0.0596. The zero-order valence-corrected chi connectivity index (χ0v) is 19.0. The van der Waals surface area contributed by atoms with Crippen molar-refractivity contribution >= 4 is 0 Å². The first-order valence-electron chi connectivity index (χ1n) is 11.6. The van der Waals surface area contributed by atoms with Gasteiger partial charge in [-0.25, -0.2) is 13.8 Å². The van der Waals surface area contributed by atoms with Crippen molar-refractivity contribution in [1.29, 1.82) is 0 Å². The molecule has 5 rings (SSSR count). The summed E-state index contributed by atoms with van der Waals surface area (Å²) in [6, 6.07) is 3.16. The Morgan fingerprint density at radius 2 is 1.77 bits per heavy atom. The predicted octanol–water partition coefficient (Wildman–Crippen LogP) is 6.75. The van der Waals surface area contributed by atoms with Crippen LogP contribution in [0.2, 0.25) is 0 Å². The number of hydrogen-bond acceptors (Lipinski definition) is 4. The number of aryl methyl sites for hydroxylation is 1. The first-order chi connectivity index (χ1) is 16.5. The minimum Gasteiger partial charge on any atom is -0.443 e. The highest BCUT2D eigenvalue weighted by molar-refractivity contribution is 5.68. The van der Waals surface area contributed by atoms with Crippen LogP contribution in [0.1, 0.15) is 67.3 Å². The van der Waals surface area contributed by atoms with Crippen LogP contribution in [-0.4, -0.2) is 27.1 Å². The van der Waals surface area contributed by atoms with Gasteiger partial charge in [-0.15, -0.1) is 0 Å². The second kappa shape index (κ2) is 8.57. The summed E-state index contributed by atoms with van der Waals surface area (Å²) in [5, 5.41) is 0. The van der Waals surface area contributed by atoms with Crippen LogP contribution in [0.25, 0.3) is 22.6 Å². The molecule has 0 aliphatic heterocycles. The number of pyridine rings is 2. The zero-order valence-electron chi connectivity index (χ0n) is 19.0. The Labute approximate surface area is 197 Å². The lowest BCUT2D eigenvalue weighted by Gasteiger charge is -2.35. The molecular weight excluding hydrogens is 469 g/mol. The standard InChI is InChI=1S/C25H24F5N3O2/c1-13-23(22-11-31-12-35-22)21(34)7-20(33-13)18-10-32-19(15-8-24(26,27)9-15)6-17(18)14-2-4-16(5-3-14)25(28,29)30/h6-7,10-12,14-16H,2-5,8-9H2,1H3,(H,33,34). The monoisotopic (exact) mass is 493 g/mol. The van der Waals surface area contributed by atoms with E-state index in [4.69, 9.17) is 4.42 Å². The number of nitrogens with one attached hydrogen (secondary N) is 1. The largest absolute Gasteiger partial charge is 0.443 e. The fourth-order valence-electron chi connectivity index (χ4n) is 5.36. The highest BCUT2D eigenvalue weighted by Gasteiger charge is 2.47. The molecule has 0 aromatic carbocycles. The summed E-state index contributed by atoms with van der Waals surface area (Å²) in [5.74, 6) is -4.31. The average Bonchev–Trinajstić information content (AvgIpc) is 3.30. The summed E-state index contributed by atoms with van der Waals surface area (Å²) >= 11 is 0. The second-order valence-electron chi connectivity index (χ2n) is 9.66. The molecule has 3 heterocycles. The Kier molecular flexibility index (Phi) is 5.80. The summed E-state index contributed by atoms with van der Waals surface area (Å²) in [6.45, 7) is 1.72.